The predicted molar refractivity (Wildman–Crippen MR) is 105 cm³/mol. The molecule has 0 bridgehead atoms. The van der Waals surface area contributed by atoms with Crippen LogP contribution in [0, 0.1) is 5.82 Å². The first-order chi connectivity index (χ1) is 14.5. The Kier molecular flexibility index (Phi) is 6.09. The van der Waals surface area contributed by atoms with E-state index < -0.39 is 27.5 Å². The molecule has 1 aromatic heterocycles. The van der Waals surface area contributed by atoms with Gasteiger partial charge in [-0.15, -0.1) is 0 Å². The van der Waals surface area contributed by atoms with Crippen molar-refractivity contribution in [3.63, 3.8) is 0 Å². The number of aromatic nitrogens is 2. The fraction of sp³-hybridized carbons (Fsp3) is 0.190. The summed E-state index contributed by atoms with van der Waals surface area (Å²) >= 11 is -0.975. The van der Waals surface area contributed by atoms with Crippen LogP contribution in [0.2, 0.25) is 0 Å². The van der Waals surface area contributed by atoms with Crippen LogP contribution in [0.15, 0.2) is 54.6 Å². The SMILES string of the molecule is NC(=O)c1cc(N2CCC[C@H]2[I-]O)nc(-c2ccc(Oc3ccc(F)cc3)cc2)n1. The fourth-order valence-electron chi connectivity index (χ4n) is 3.23. The number of nitrogens with two attached hydrogens (primary N) is 1. The van der Waals surface area contributed by atoms with Crippen LogP contribution in [-0.2, 0) is 0 Å². The summed E-state index contributed by atoms with van der Waals surface area (Å²) in [6.07, 6.45) is 1.87. The molecular formula is C21H19FIN4O3-. The van der Waals surface area contributed by atoms with Crippen molar-refractivity contribution in [1.29, 1.82) is 0 Å². The van der Waals surface area contributed by atoms with Crippen LogP contribution in [0.25, 0.3) is 11.4 Å². The average Bonchev–Trinajstić information content (AvgIpc) is 3.24. The van der Waals surface area contributed by atoms with Crippen LogP contribution in [0.4, 0.5) is 10.2 Å². The number of amides is 1. The number of primary amides is 1. The number of carbonyl (C=O) groups excluding carboxylic acids is 1. The van der Waals surface area contributed by atoms with Crippen molar-refractivity contribution in [2.24, 2.45) is 5.73 Å². The summed E-state index contributed by atoms with van der Waals surface area (Å²) in [6.45, 7) is 0.768. The van der Waals surface area contributed by atoms with Crippen LogP contribution in [0.5, 0.6) is 11.5 Å². The second-order valence-corrected chi connectivity index (χ2v) is 8.74. The molecule has 3 N–H and O–H groups in total. The summed E-state index contributed by atoms with van der Waals surface area (Å²) in [5.74, 6) is 1.09. The van der Waals surface area contributed by atoms with E-state index in [-0.39, 0.29) is 15.6 Å². The molecule has 2 aromatic carbocycles. The number of alkyl halides is 1. The van der Waals surface area contributed by atoms with Gasteiger partial charge in [-0.05, 0) is 12.1 Å². The molecule has 9 heteroatoms. The molecule has 1 aliphatic rings. The Hall–Kier alpha value is -2.79. The Morgan fingerprint density at radius 1 is 1.13 bits per heavy atom. The second-order valence-electron chi connectivity index (χ2n) is 6.75. The van der Waals surface area contributed by atoms with Gasteiger partial charge in [0.2, 0.25) is 0 Å². The van der Waals surface area contributed by atoms with Crippen LogP contribution in [0.1, 0.15) is 23.3 Å². The summed E-state index contributed by atoms with van der Waals surface area (Å²) in [6, 6.07) is 14.4. The number of rotatable bonds is 6. The van der Waals surface area contributed by atoms with Gasteiger partial charge in [-0.1, -0.05) is 0 Å². The number of carbonyl (C=O) groups is 1. The molecule has 0 spiro atoms. The molecule has 1 aliphatic heterocycles. The molecule has 4 rings (SSSR count). The van der Waals surface area contributed by atoms with E-state index in [2.05, 4.69) is 9.97 Å². The predicted octanol–water partition coefficient (Wildman–Crippen LogP) is 0.0965. The summed E-state index contributed by atoms with van der Waals surface area (Å²) in [5, 5.41) is 0. The normalized spacial score (nSPS) is 16.1. The van der Waals surface area contributed by atoms with Gasteiger partial charge in [0.25, 0.3) is 0 Å². The minimum atomic E-state index is -0.975. The molecule has 7 nitrogen and oxygen atoms in total. The van der Waals surface area contributed by atoms with Gasteiger partial charge in [-0.3, -0.25) is 0 Å². The maximum atomic E-state index is 13.0. The van der Waals surface area contributed by atoms with Gasteiger partial charge in [-0.2, -0.15) is 0 Å². The van der Waals surface area contributed by atoms with Crippen molar-refractivity contribution in [3.8, 4) is 22.9 Å². The summed E-state index contributed by atoms with van der Waals surface area (Å²) < 4.78 is 28.5. The minimum absolute atomic E-state index is 0.0683. The zero-order valence-corrected chi connectivity index (χ0v) is 18.0. The van der Waals surface area contributed by atoms with Crippen molar-refractivity contribution in [2.45, 2.75) is 16.9 Å². The van der Waals surface area contributed by atoms with Crippen LogP contribution < -0.4 is 37.0 Å². The average molecular weight is 521 g/mol. The Labute approximate surface area is 183 Å². The molecule has 30 heavy (non-hydrogen) atoms. The monoisotopic (exact) mass is 521 g/mol. The summed E-state index contributed by atoms with van der Waals surface area (Å²) in [4.78, 5) is 22.8. The number of hydrogen-bond acceptors (Lipinski definition) is 6. The maximum absolute atomic E-state index is 13.0. The number of hydrogen-bond donors (Lipinski definition) is 2. The Morgan fingerprint density at radius 2 is 1.80 bits per heavy atom. The Bertz CT molecular complexity index is 1050. The Morgan fingerprint density at radius 3 is 2.43 bits per heavy atom. The van der Waals surface area contributed by atoms with E-state index in [0.717, 1.165) is 19.4 Å². The standard InChI is InChI=1S/C21H19FIN4O3/c22-14-5-9-16(10-6-14)30-15-7-3-13(4-8-15)21-25-17(20(24)28)12-19(26-21)27-11-1-2-18(27)23-29/h3-10,12,18,29H,1-2,11H2,(H2,24,28)/q-1/t18-/m0/s1. The number of halogens is 2. The van der Waals surface area contributed by atoms with Crippen molar-refractivity contribution in [3.05, 3.63) is 66.1 Å². The molecule has 0 aliphatic carbocycles. The van der Waals surface area contributed by atoms with Gasteiger partial charge < -0.3 is 0 Å². The van der Waals surface area contributed by atoms with Crippen molar-refractivity contribution in [1.82, 2.24) is 9.97 Å². The van der Waals surface area contributed by atoms with E-state index in [0.29, 0.717) is 28.7 Å². The molecule has 0 unspecified atom stereocenters. The molecule has 1 atom stereocenters. The number of benzene rings is 2. The molecule has 1 saturated heterocycles. The summed E-state index contributed by atoms with van der Waals surface area (Å²) in [5.41, 5.74) is 6.30. The number of anilines is 1. The zero-order chi connectivity index (χ0) is 21.1. The third kappa shape index (κ3) is 4.51. The number of nitrogens with zero attached hydrogens (tertiary/aromatic N) is 3. The molecule has 1 amide bonds. The summed E-state index contributed by atoms with van der Waals surface area (Å²) in [7, 11) is 0. The van der Waals surface area contributed by atoms with E-state index in [1.54, 1.807) is 42.5 Å². The topological polar surface area (TPSA) is 102 Å². The van der Waals surface area contributed by atoms with Gasteiger partial charge >= 0.3 is 161 Å². The fourth-order valence-corrected chi connectivity index (χ4v) is 4.82. The van der Waals surface area contributed by atoms with Gasteiger partial charge in [0.05, 0.1) is 0 Å². The molecule has 2 heterocycles. The zero-order valence-electron chi connectivity index (χ0n) is 15.8. The van der Waals surface area contributed by atoms with E-state index in [1.807, 2.05) is 4.90 Å². The van der Waals surface area contributed by atoms with Crippen molar-refractivity contribution < 1.29 is 39.0 Å². The molecule has 0 saturated carbocycles. The molecule has 0 radical (unpaired) electrons. The van der Waals surface area contributed by atoms with Gasteiger partial charge in [0.15, 0.2) is 0 Å². The third-order valence-corrected chi connectivity index (χ3v) is 6.65. The van der Waals surface area contributed by atoms with Crippen LogP contribution in [0.3, 0.4) is 0 Å². The van der Waals surface area contributed by atoms with E-state index >= 15 is 0 Å². The number of ether oxygens (including phenoxy) is 1. The van der Waals surface area contributed by atoms with E-state index in [1.165, 1.54) is 12.1 Å². The molecular weight excluding hydrogens is 502 g/mol. The van der Waals surface area contributed by atoms with Gasteiger partial charge in [0, 0.05) is 0 Å². The first-order valence-corrected chi connectivity index (χ1v) is 11.5. The van der Waals surface area contributed by atoms with Crippen molar-refractivity contribution >= 4 is 11.7 Å². The van der Waals surface area contributed by atoms with E-state index in [9.17, 15) is 12.6 Å². The third-order valence-electron chi connectivity index (χ3n) is 4.71. The van der Waals surface area contributed by atoms with Crippen LogP contribution in [-0.4, -0.2) is 29.9 Å². The van der Waals surface area contributed by atoms with Crippen molar-refractivity contribution in [2.75, 3.05) is 11.4 Å². The molecule has 156 valence electrons. The quantitative estimate of drug-likeness (QED) is 0.271. The van der Waals surface area contributed by atoms with Crippen LogP contribution >= 0.6 is 0 Å². The Balaban J connectivity index is 1.62. The van der Waals surface area contributed by atoms with E-state index in [4.69, 9.17) is 10.5 Å². The molecule has 1 fully saturated rings. The van der Waals surface area contributed by atoms with Gasteiger partial charge in [0.1, 0.15) is 5.82 Å². The molecule has 3 aromatic rings. The first-order valence-electron chi connectivity index (χ1n) is 9.30. The second kappa shape index (κ2) is 8.92. The van der Waals surface area contributed by atoms with Gasteiger partial charge in [-0.25, -0.2) is 4.39 Å². The first kappa shape index (κ1) is 20.5.